The number of hydrogen-bond acceptors (Lipinski definition) is 3. The molecule has 1 heterocycles. The highest BCUT2D eigenvalue weighted by Crippen LogP contribution is 2.67. The smallest absolute Gasteiger partial charge is 0.0613 e. The number of hydrogen-bond donors (Lipinski definition) is 0. The molecular weight excluding hydrogens is 442 g/mol. The number of morpholine rings is 1. The van der Waals surface area contributed by atoms with Crippen LogP contribution < -0.4 is 0 Å². The highest BCUT2D eigenvalue weighted by molar-refractivity contribution is 5.25. The van der Waals surface area contributed by atoms with Gasteiger partial charge in [-0.05, 0) is 97.7 Å². The molecule has 1 saturated heterocycles. The molecule has 5 aliphatic rings. The van der Waals surface area contributed by atoms with Crippen LogP contribution in [-0.4, -0.2) is 50.5 Å². The van der Waals surface area contributed by atoms with Crippen molar-refractivity contribution in [3.8, 4) is 0 Å². The normalized spacial score (nSPS) is 41.9. The third-order valence-electron chi connectivity index (χ3n) is 12.1. The van der Waals surface area contributed by atoms with Crippen molar-refractivity contribution in [2.75, 3.05) is 39.5 Å². The van der Waals surface area contributed by atoms with Crippen LogP contribution in [-0.2, 0) is 9.47 Å². The minimum Gasteiger partial charge on any atom is -0.379 e. The van der Waals surface area contributed by atoms with Crippen LogP contribution in [0.25, 0.3) is 0 Å². The van der Waals surface area contributed by atoms with Crippen molar-refractivity contribution in [1.82, 2.24) is 4.90 Å². The van der Waals surface area contributed by atoms with Gasteiger partial charge in [0.25, 0.3) is 0 Å². The molecule has 3 saturated carbocycles. The second kappa shape index (κ2) is 11.4. The molecule has 36 heavy (non-hydrogen) atoms. The Labute approximate surface area is 223 Å². The van der Waals surface area contributed by atoms with Gasteiger partial charge in [0.05, 0.1) is 25.9 Å². The molecule has 4 aliphatic carbocycles. The predicted octanol–water partition coefficient (Wildman–Crippen LogP) is 7.75. The molecule has 206 valence electrons. The van der Waals surface area contributed by atoms with Crippen LogP contribution in [0, 0.1) is 46.3 Å². The van der Waals surface area contributed by atoms with Crippen molar-refractivity contribution in [3.05, 3.63) is 11.6 Å². The van der Waals surface area contributed by atoms with Gasteiger partial charge in [0.1, 0.15) is 0 Å². The molecule has 8 atom stereocenters. The van der Waals surface area contributed by atoms with E-state index in [4.69, 9.17) is 9.47 Å². The molecule has 0 N–H and O–H groups in total. The minimum atomic E-state index is 0.440. The van der Waals surface area contributed by atoms with Gasteiger partial charge in [0.15, 0.2) is 0 Å². The summed E-state index contributed by atoms with van der Waals surface area (Å²) in [4.78, 5) is 2.50. The topological polar surface area (TPSA) is 21.7 Å². The summed E-state index contributed by atoms with van der Waals surface area (Å²) < 4.78 is 12.0. The summed E-state index contributed by atoms with van der Waals surface area (Å²) >= 11 is 0. The van der Waals surface area contributed by atoms with Crippen LogP contribution in [0.5, 0.6) is 0 Å². The highest BCUT2D eigenvalue weighted by atomic mass is 16.5. The van der Waals surface area contributed by atoms with Crippen molar-refractivity contribution in [1.29, 1.82) is 0 Å². The summed E-state index contributed by atoms with van der Waals surface area (Å²) in [6.45, 7) is 18.6. The van der Waals surface area contributed by atoms with Gasteiger partial charge >= 0.3 is 0 Å². The van der Waals surface area contributed by atoms with Crippen molar-refractivity contribution >= 4 is 0 Å². The van der Waals surface area contributed by atoms with Crippen molar-refractivity contribution in [3.63, 3.8) is 0 Å². The molecule has 3 heteroatoms. The van der Waals surface area contributed by atoms with Gasteiger partial charge in [0.2, 0.25) is 0 Å². The Morgan fingerprint density at radius 2 is 1.81 bits per heavy atom. The summed E-state index contributed by atoms with van der Waals surface area (Å²) in [6.07, 6.45) is 18.6. The van der Waals surface area contributed by atoms with Crippen molar-refractivity contribution < 1.29 is 9.47 Å². The van der Waals surface area contributed by atoms with Crippen LogP contribution in [0.4, 0.5) is 0 Å². The summed E-state index contributed by atoms with van der Waals surface area (Å²) in [7, 11) is 0. The molecule has 0 amide bonds. The molecular formula is C33H57NO2. The molecule has 1 aliphatic heterocycles. The fourth-order valence-electron chi connectivity index (χ4n) is 9.97. The van der Waals surface area contributed by atoms with Gasteiger partial charge in [-0.25, -0.2) is 0 Å². The van der Waals surface area contributed by atoms with Gasteiger partial charge in [-0.2, -0.15) is 0 Å². The third-order valence-corrected chi connectivity index (χ3v) is 12.1. The van der Waals surface area contributed by atoms with E-state index in [9.17, 15) is 0 Å². The van der Waals surface area contributed by atoms with Gasteiger partial charge in [-0.3, -0.25) is 4.90 Å². The Kier molecular flexibility index (Phi) is 8.60. The van der Waals surface area contributed by atoms with Crippen molar-refractivity contribution in [2.45, 2.75) is 111 Å². The molecule has 0 spiro atoms. The zero-order valence-corrected chi connectivity index (χ0v) is 24.4. The Morgan fingerprint density at radius 1 is 1.00 bits per heavy atom. The van der Waals surface area contributed by atoms with Gasteiger partial charge in [-0.15, -0.1) is 0 Å². The average Bonchev–Trinajstić information content (AvgIpc) is 3.22. The number of allylic oxidation sites excluding steroid dienone is 1. The van der Waals surface area contributed by atoms with Crippen LogP contribution in [0.2, 0.25) is 0 Å². The van der Waals surface area contributed by atoms with Crippen LogP contribution >= 0.6 is 0 Å². The standard InChI is InChI=1S/C33H57NO2/c1-24(2)7-6-8-25(3)29-11-12-30-28-10-9-26-23-27(36-22-19-34-17-20-35-21-18-34)13-15-32(26,4)31(28)14-16-33(29,30)5/h9,24-25,27-31H,6-8,10-23H2,1-5H3/t25-,27+,28+,29-,30+,31+,32+,33-/m1/s1. The molecule has 0 radical (unpaired) electrons. The van der Waals surface area contributed by atoms with E-state index in [0.717, 1.165) is 75.0 Å². The highest BCUT2D eigenvalue weighted by Gasteiger charge is 2.59. The Morgan fingerprint density at radius 3 is 2.58 bits per heavy atom. The lowest BCUT2D eigenvalue weighted by Gasteiger charge is -2.58. The van der Waals surface area contributed by atoms with E-state index in [-0.39, 0.29) is 0 Å². The fraction of sp³-hybridized carbons (Fsp3) is 0.939. The first kappa shape index (κ1) is 27.2. The molecule has 4 fully saturated rings. The molecule has 0 aromatic carbocycles. The Bertz CT molecular complexity index is 757. The second-order valence-electron chi connectivity index (χ2n) is 14.5. The molecule has 3 nitrogen and oxygen atoms in total. The van der Waals surface area contributed by atoms with Crippen LogP contribution in [0.15, 0.2) is 11.6 Å². The lowest BCUT2D eigenvalue weighted by molar-refractivity contribution is -0.0661. The zero-order chi connectivity index (χ0) is 25.3. The van der Waals surface area contributed by atoms with E-state index in [1.165, 1.54) is 70.6 Å². The third kappa shape index (κ3) is 5.37. The second-order valence-corrected chi connectivity index (χ2v) is 14.5. The number of ether oxygens (including phenoxy) is 2. The molecule has 0 bridgehead atoms. The quantitative estimate of drug-likeness (QED) is 0.303. The fourth-order valence-corrected chi connectivity index (χ4v) is 9.97. The molecule has 0 unspecified atom stereocenters. The van der Waals surface area contributed by atoms with Gasteiger partial charge in [-0.1, -0.05) is 65.5 Å². The van der Waals surface area contributed by atoms with E-state index in [2.05, 4.69) is 45.6 Å². The van der Waals surface area contributed by atoms with E-state index < -0.39 is 0 Å². The molecule has 5 rings (SSSR count). The van der Waals surface area contributed by atoms with E-state index in [1.807, 2.05) is 0 Å². The molecule has 0 aromatic rings. The Hall–Kier alpha value is -0.380. The maximum atomic E-state index is 6.47. The van der Waals surface area contributed by atoms with Gasteiger partial charge in [0, 0.05) is 19.6 Å². The lowest BCUT2D eigenvalue weighted by atomic mass is 9.47. The maximum absolute atomic E-state index is 6.47. The lowest BCUT2D eigenvalue weighted by Crippen LogP contribution is -2.51. The zero-order valence-electron chi connectivity index (χ0n) is 24.4. The first-order valence-electron chi connectivity index (χ1n) is 15.9. The van der Waals surface area contributed by atoms with E-state index >= 15 is 0 Å². The summed E-state index contributed by atoms with van der Waals surface area (Å²) in [5.74, 6) is 5.54. The largest absolute Gasteiger partial charge is 0.379 e. The van der Waals surface area contributed by atoms with Crippen LogP contribution in [0.3, 0.4) is 0 Å². The summed E-state index contributed by atoms with van der Waals surface area (Å²) in [5, 5.41) is 0. The monoisotopic (exact) mass is 499 g/mol. The number of nitrogens with zero attached hydrogens (tertiary/aromatic N) is 1. The predicted molar refractivity (Wildman–Crippen MR) is 150 cm³/mol. The van der Waals surface area contributed by atoms with Crippen molar-refractivity contribution in [2.24, 2.45) is 46.3 Å². The average molecular weight is 500 g/mol. The summed E-state index contributed by atoms with van der Waals surface area (Å²) in [6, 6.07) is 0. The minimum absolute atomic E-state index is 0.440. The van der Waals surface area contributed by atoms with Gasteiger partial charge < -0.3 is 9.47 Å². The summed E-state index contributed by atoms with van der Waals surface area (Å²) in [5.41, 5.74) is 2.81. The van der Waals surface area contributed by atoms with E-state index in [1.54, 1.807) is 5.57 Å². The molecule has 0 aromatic heterocycles. The van der Waals surface area contributed by atoms with E-state index in [0.29, 0.717) is 16.9 Å². The SMILES string of the molecule is CC(C)CCC[C@@H](C)[C@H]1CC[C@H]2[C@@H]3CC=C4C[C@@H](OCCN5CCOCC5)CC[C@]4(C)[C@H]3CC[C@]12C. The number of rotatable bonds is 9. The number of fused-ring (bicyclic) bond motifs is 5. The first-order chi connectivity index (χ1) is 17.3. The maximum Gasteiger partial charge on any atom is 0.0613 e. The van der Waals surface area contributed by atoms with Crippen LogP contribution in [0.1, 0.15) is 105 Å². The Balaban J connectivity index is 1.18. The first-order valence-corrected chi connectivity index (χ1v) is 15.9.